The molecule has 2 aromatic carbocycles. The van der Waals surface area contributed by atoms with Gasteiger partial charge in [0.15, 0.2) is 12.1 Å². The van der Waals surface area contributed by atoms with E-state index in [0.717, 1.165) is 30.5 Å². The average molecular weight is 360 g/mol. The van der Waals surface area contributed by atoms with E-state index in [-0.39, 0.29) is 11.8 Å². The van der Waals surface area contributed by atoms with Gasteiger partial charge in [0.2, 0.25) is 0 Å². The summed E-state index contributed by atoms with van der Waals surface area (Å²) in [6.07, 6.45) is 3.19. The number of anilines is 2. The van der Waals surface area contributed by atoms with Crippen molar-refractivity contribution >= 4 is 23.2 Å². The highest BCUT2D eigenvalue weighted by atomic mass is 16.2. The van der Waals surface area contributed by atoms with Crippen molar-refractivity contribution in [3.63, 3.8) is 0 Å². The summed E-state index contributed by atoms with van der Waals surface area (Å²) >= 11 is 0. The van der Waals surface area contributed by atoms with E-state index in [1.807, 2.05) is 50.2 Å². The van der Waals surface area contributed by atoms with Crippen LogP contribution in [-0.2, 0) is 22.4 Å². The lowest BCUT2D eigenvalue weighted by atomic mass is 10.1. The number of nitrogens with zero attached hydrogens (tertiary/aromatic N) is 4. The SMILES string of the molecule is Cc1ccc(N2N=N[C@@H]3C(=O)N(c4ccc5c(c4)CCC5)C(=O)[C@@H]32)cc1C. The van der Waals surface area contributed by atoms with E-state index in [1.54, 1.807) is 5.01 Å². The molecular weight excluding hydrogens is 340 g/mol. The molecule has 0 radical (unpaired) electrons. The van der Waals surface area contributed by atoms with Crippen molar-refractivity contribution in [1.29, 1.82) is 0 Å². The number of rotatable bonds is 2. The van der Waals surface area contributed by atoms with Gasteiger partial charge in [0.25, 0.3) is 11.8 Å². The van der Waals surface area contributed by atoms with Crippen molar-refractivity contribution in [2.24, 2.45) is 10.3 Å². The van der Waals surface area contributed by atoms with Gasteiger partial charge in [0.1, 0.15) is 0 Å². The van der Waals surface area contributed by atoms with Gasteiger partial charge >= 0.3 is 0 Å². The monoisotopic (exact) mass is 360 g/mol. The third-order valence-electron chi connectivity index (χ3n) is 5.88. The van der Waals surface area contributed by atoms with Gasteiger partial charge in [-0.1, -0.05) is 17.4 Å². The number of hydrogen-bond donors (Lipinski definition) is 0. The molecular formula is C21H20N4O2. The third kappa shape index (κ3) is 2.32. The third-order valence-corrected chi connectivity index (χ3v) is 5.88. The van der Waals surface area contributed by atoms with Crippen molar-refractivity contribution in [2.75, 3.05) is 9.91 Å². The van der Waals surface area contributed by atoms with Crippen LogP contribution in [-0.4, -0.2) is 23.9 Å². The highest BCUT2D eigenvalue weighted by Crippen LogP contribution is 2.36. The zero-order valence-corrected chi connectivity index (χ0v) is 15.3. The fraction of sp³-hybridized carbons (Fsp3) is 0.333. The lowest BCUT2D eigenvalue weighted by Gasteiger charge is -2.21. The van der Waals surface area contributed by atoms with Crippen LogP contribution in [0, 0.1) is 13.8 Å². The number of carbonyl (C=O) groups excluding carboxylic acids is 2. The van der Waals surface area contributed by atoms with Crippen LogP contribution in [0.15, 0.2) is 46.7 Å². The summed E-state index contributed by atoms with van der Waals surface area (Å²) in [5, 5.41) is 9.85. The van der Waals surface area contributed by atoms with Crippen LogP contribution in [0.2, 0.25) is 0 Å². The van der Waals surface area contributed by atoms with E-state index in [1.165, 1.54) is 21.6 Å². The molecule has 0 spiro atoms. The van der Waals surface area contributed by atoms with Crippen LogP contribution < -0.4 is 9.91 Å². The highest BCUT2D eigenvalue weighted by Gasteiger charge is 2.55. The number of imide groups is 1. The molecule has 1 fully saturated rings. The van der Waals surface area contributed by atoms with Gasteiger partial charge in [-0.15, -0.1) is 0 Å². The predicted molar refractivity (Wildman–Crippen MR) is 102 cm³/mol. The Bertz CT molecular complexity index is 1010. The summed E-state index contributed by atoms with van der Waals surface area (Å²) in [5.74, 6) is -0.552. The first-order valence-corrected chi connectivity index (χ1v) is 9.31. The second-order valence-electron chi connectivity index (χ2n) is 7.53. The predicted octanol–water partition coefficient (Wildman–Crippen LogP) is 3.29. The molecule has 5 rings (SSSR count). The fourth-order valence-corrected chi connectivity index (χ4v) is 4.19. The van der Waals surface area contributed by atoms with Gasteiger partial charge < -0.3 is 0 Å². The normalized spacial score (nSPS) is 23.3. The van der Waals surface area contributed by atoms with Gasteiger partial charge in [0, 0.05) is 0 Å². The number of amides is 2. The van der Waals surface area contributed by atoms with Crippen LogP contribution in [0.1, 0.15) is 28.7 Å². The second kappa shape index (κ2) is 5.74. The van der Waals surface area contributed by atoms with Crippen molar-refractivity contribution < 1.29 is 9.59 Å². The lowest BCUT2D eigenvalue weighted by molar-refractivity contribution is -0.121. The van der Waals surface area contributed by atoms with E-state index in [9.17, 15) is 9.59 Å². The average Bonchev–Trinajstić information content (AvgIpc) is 3.34. The molecule has 0 unspecified atom stereocenters. The van der Waals surface area contributed by atoms with E-state index in [2.05, 4.69) is 10.3 Å². The molecule has 136 valence electrons. The van der Waals surface area contributed by atoms with E-state index in [0.29, 0.717) is 5.69 Å². The molecule has 2 heterocycles. The Morgan fingerprint density at radius 3 is 2.48 bits per heavy atom. The summed E-state index contributed by atoms with van der Waals surface area (Å²) in [7, 11) is 0. The van der Waals surface area contributed by atoms with Crippen molar-refractivity contribution in [3.05, 3.63) is 58.7 Å². The number of aryl methyl sites for hydroxylation is 4. The molecule has 0 bridgehead atoms. The van der Waals surface area contributed by atoms with Crippen LogP contribution in [0.25, 0.3) is 0 Å². The zero-order valence-electron chi connectivity index (χ0n) is 15.3. The molecule has 6 nitrogen and oxygen atoms in total. The zero-order chi connectivity index (χ0) is 18.7. The van der Waals surface area contributed by atoms with Gasteiger partial charge in [-0.25, -0.2) is 9.91 Å². The van der Waals surface area contributed by atoms with Gasteiger partial charge in [0.05, 0.1) is 11.4 Å². The molecule has 1 saturated heterocycles. The smallest absolute Gasteiger partial charge is 0.263 e. The maximum atomic E-state index is 13.2. The van der Waals surface area contributed by atoms with Crippen molar-refractivity contribution in [3.8, 4) is 0 Å². The Labute approximate surface area is 157 Å². The largest absolute Gasteiger partial charge is 0.271 e. The summed E-state index contributed by atoms with van der Waals surface area (Å²) in [6, 6.07) is 10.3. The standard InChI is InChI=1S/C21H20N4O2/c1-12-6-8-17(10-13(12)2)25-19-18(22-23-25)20(26)24(21(19)27)16-9-7-14-4-3-5-15(14)11-16/h6-11,18-19H,3-5H2,1-2H3/t18-,19+/m0/s1. The van der Waals surface area contributed by atoms with Gasteiger partial charge in [-0.05, 0) is 79.6 Å². The van der Waals surface area contributed by atoms with Crippen molar-refractivity contribution in [2.45, 2.75) is 45.2 Å². The van der Waals surface area contributed by atoms with Gasteiger partial charge in [-0.2, -0.15) is 5.11 Å². The second-order valence-corrected chi connectivity index (χ2v) is 7.53. The van der Waals surface area contributed by atoms with E-state index < -0.39 is 12.1 Å². The molecule has 0 N–H and O–H groups in total. The topological polar surface area (TPSA) is 65.3 Å². The van der Waals surface area contributed by atoms with Gasteiger partial charge in [-0.3, -0.25) is 9.59 Å². The first-order valence-electron chi connectivity index (χ1n) is 9.31. The summed E-state index contributed by atoms with van der Waals surface area (Å²) in [6.45, 7) is 4.05. The molecule has 6 heteroatoms. The molecule has 2 amide bonds. The Kier molecular flexibility index (Phi) is 3.44. The Morgan fingerprint density at radius 2 is 1.67 bits per heavy atom. The maximum Gasteiger partial charge on any atom is 0.263 e. The Balaban J connectivity index is 1.50. The van der Waals surface area contributed by atoms with E-state index >= 15 is 0 Å². The fourth-order valence-electron chi connectivity index (χ4n) is 4.19. The lowest BCUT2D eigenvalue weighted by Crippen LogP contribution is -2.40. The van der Waals surface area contributed by atoms with Crippen molar-refractivity contribution in [1.82, 2.24) is 0 Å². The van der Waals surface area contributed by atoms with E-state index in [4.69, 9.17) is 0 Å². The molecule has 1 aliphatic carbocycles. The molecule has 2 aliphatic heterocycles. The maximum absolute atomic E-state index is 13.2. The number of carbonyl (C=O) groups is 2. The highest BCUT2D eigenvalue weighted by molar-refractivity contribution is 6.26. The number of benzene rings is 2. The molecule has 27 heavy (non-hydrogen) atoms. The molecule has 0 aromatic heterocycles. The van der Waals surface area contributed by atoms with Crippen LogP contribution in [0.5, 0.6) is 0 Å². The minimum atomic E-state index is -0.771. The minimum Gasteiger partial charge on any atom is -0.271 e. The first kappa shape index (κ1) is 16.2. The number of hydrogen-bond acceptors (Lipinski definition) is 5. The molecule has 0 saturated carbocycles. The molecule has 2 atom stereocenters. The van der Waals surface area contributed by atoms with Crippen LogP contribution in [0.4, 0.5) is 11.4 Å². The summed E-state index contributed by atoms with van der Waals surface area (Å²) in [5.41, 5.74) is 6.26. The molecule has 2 aromatic rings. The minimum absolute atomic E-state index is 0.258. The first-order chi connectivity index (χ1) is 13.0. The van der Waals surface area contributed by atoms with Crippen LogP contribution in [0.3, 0.4) is 0 Å². The Morgan fingerprint density at radius 1 is 0.889 bits per heavy atom. The quantitative estimate of drug-likeness (QED) is 0.772. The summed E-state index contributed by atoms with van der Waals surface area (Å²) in [4.78, 5) is 27.4. The Hall–Kier alpha value is -3.02. The summed E-state index contributed by atoms with van der Waals surface area (Å²) < 4.78 is 0. The number of fused-ring (bicyclic) bond motifs is 2. The van der Waals surface area contributed by atoms with Crippen LogP contribution >= 0.6 is 0 Å². The molecule has 3 aliphatic rings.